The average molecular weight is 186 g/mol. The van der Waals surface area contributed by atoms with Crippen LogP contribution in [0, 0.1) is 0 Å². The smallest absolute Gasteiger partial charge is 0.0687 e. The van der Waals surface area contributed by atoms with Gasteiger partial charge < -0.3 is 4.74 Å². The van der Waals surface area contributed by atoms with Crippen LogP contribution in [0.3, 0.4) is 0 Å². The van der Waals surface area contributed by atoms with E-state index in [0.29, 0.717) is 0 Å². The molecule has 0 spiro atoms. The first kappa shape index (κ1) is 9.22. The van der Waals surface area contributed by atoms with Crippen LogP contribution in [0.25, 0.3) is 6.08 Å². The van der Waals surface area contributed by atoms with Gasteiger partial charge in [0.2, 0.25) is 0 Å². The van der Waals surface area contributed by atoms with Crippen LogP contribution in [-0.2, 0) is 4.74 Å². The fourth-order valence-electron chi connectivity index (χ4n) is 1.51. The minimum absolute atomic E-state index is 0.742. The Morgan fingerprint density at radius 2 is 1.93 bits per heavy atom. The molecule has 1 heterocycles. The van der Waals surface area contributed by atoms with Gasteiger partial charge in [-0.25, -0.2) is 0 Å². The second-order valence-electron chi connectivity index (χ2n) is 3.40. The van der Waals surface area contributed by atoms with E-state index >= 15 is 0 Å². The van der Waals surface area contributed by atoms with E-state index in [4.69, 9.17) is 4.74 Å². The Morgan fingerprint density at radius 1 is 1.07 bits per heavy atom. The lowest BCUT2D eigenvalue weighted by Crippen LogP contribution is -1.94. The maximum Gasteiger partial charge on any atom is 0.0687 e. The third kappa shape index (κ3) is 2.57. The van der Waals surface area contributed by atoms with Gasteiger partial charge >= 0.3 is 0 Å². The fourth-order valence-corrected chi connectivity index (χ4v) is 1.51. The van der Waals surface area contributed by atoms with E-state index in [1.165, 1.54) is 11.1 Å². The van der Waals surface area contributed by atoms with Crippen LogP contribution in [0.4, 0.5) is 0 Å². The number of ether oxygens (including phenoxy) is 1. The van der Waals surface area contributed by atoms with Crippen molar-refractivity contribution in [3.05, 3.63) is 53.6 Å². The van der Waals surface area contributed by atoms with E-state index in [1.54, 1.807) is 0 Å². The zero-order valence-corrected chi connectivity index (χ0v) is 8.15. The van der Waals surface area contributed by atoms with Crippen molar-refractivity contribution in [2.24, 2.45) is 0 Å². The van der Waals surface area contributed by atoms with Gasteiger partial charge in [0.25, 0.3) is 0 Å². The van der Waals surface area contributed by atoms with Crippen LogP contribution < -0.4 is 0 Å². The Morgan fingerprint density at radius 3 is 2.79 bits per heavy atom. The zero-order valence-electron chi connectivity index (χ0n) is 8.15. The lowest BCUT2D eigenvalue weighted by Gasteiger charge is -2.02. The molecular formula is C13H14O. The normalized spacial score (nSPS) is 19.6. The molecule has 0 amide bonds. The van der Waals surface area contributed by atoms with Gasteiger partial charge in [-0.3, -0.25) is 0 Å². The predicted molar refractivity (Wildman–Crippen MR) is 59.0 cm³/mol. The predicted octanol–water partition coefficient (Wildman–Crippen LogP) is 3.05. The SMILES string of the molecule is C1=CC/C(=C\c2ccccc2)COC1. The first-order chi connectivity index (χ1) is 6.95. The Balaban J connectivity index is 2.13. The number of hydrogen-bond donors (Lipinski definition) is 0. The summed E-state index contributed by atoms with van der Waals surface area (Å²) >= 11 is 0. The van der Waals surface area contributed by atoms with Crippen molar-refractivity contribution >= 4 is 6.08 Å². The summed E-state index contributed by atoms with van der Waals surface area (Å²) in [4.78, 5) is 0. The van der Waals surface area contributed by atoms with Crippen LogP contribution in [0.15, 0.2) is 48.1 Å². The molecule has 0 aliphatic carbocycles. The van der Waals surface area contributed by atoms with Gasteiger partial charge in [0.15, 0.2) is 0 Å². The highest BCUT2D eigenvalue weighted by atomic mass is 16.5. The summed E-state index contributed by atoms with van der Waals surface area (Å²) in [7, 11) is 0. The average Bonchev–Trinajstić information content (AvgIpc) is 2.48. The molecule has 0 unspecified atom stereocenters. The van der Waals surface area contributed by atoms with Crippen LogP contribution in [-0.4, -0.2) is 13.2 Å². The molecule has 72 valence electrons. The quantitative estimate of drug-likeness (QED) is 0.612. The molecule has 0 bridgehead atoms. The highest BCUT2D eigenvalue weighted by Crippen LogP contribution is 2.12. The fraction of sp³-hybridized carbons (Fsp3) is 0.231. The first-order valence-electron chi connectivity index (χ1n) is 4.92. The third-order valence-electron chi connectivity index (χ3n) is 2.22. The van der Waals surface area contributed by atoms with E-state index in [-0.39, 0.29) is 0 Å². The number of hydrogen-bond acceptors (Lipinski definition) is 1. The van der Waals surface area contributed by atoms with Crippen molar-refractivity contribution in [1.29, 1.82) is 0 Å². The van der Waals surface area contributed by atoms with E-state index in [0.717, 1.165) is 19.6 Å². The van der Waals surface area contributed by atoms with E-state index in [9.17, 15) is 0 Å². The van der Waals surface area contributed by atoms with E-state index in [1.807, 2.05) is 6.07 Å². The first-order valence-corrected chi connectivity index (χ1v) is 4.92. The molecule has 1 heteroatoms. The Kier molecular flexibility index (Phi) is 3.15. The van der Waals surface area contributed by atoms with Gasteiger partial charge in [-0.2, -0.15) is 0 Å². The second kappa shape index (κ2) is 4.77. The summed E-state index contributed by atoms with van der Waals surface area (Å²) in [6, 6.07) is 10.4. The van der Waals surface area contributed by atoms with Gasteiger partial charge in [0.05, 0.1) is 13.2 Å². The van der Waals surface area contributed by atoms with Crippen molar-refractivity contribution in [2.45, 2.75) is 6.42 Å². The molecule has 2 rings (SSSR count). The van der Waals surface area contributed by atoms with Crippen LogP contribution in [0.5, 0.6) is 0 Å². The molecule has 0 N–H and O–H groups in total. The molecule has 0 atom stereocenters. The highest BCUT2D eigenvalue weighted by Gasteiger charge is 1.99. The minimum Gasteiger partial charge on any atom is -0.373 e. The van der Waals surface area contributed by atoms with Gasteiger partial charge in [0.1, 0.15) is 0 Å². The molecule has 0 aromatic heterocycles. The second-order valence-corrected chi connectivity index (χ2v) is 3.40. The maximum atomic E-state index is 5.42. The van der Waals surface area contributed by atoms with E-state index in [2.05, 4.69) is 42.5 Å². The summed E-state index contributed by atoms with van der Waals surface area (Å²) in [6.45, 7) is 1.49. The largest absolute Gasteiger partial charge is 0.373 e. The summed E-state index contributed by atoms with van der Waals surface area (Å²) in [5.74, 6) is 0. The van der Waals surface area contributed by atoms with Crippen molar-refractivity contribution in [2.75, 3.05) is 13.2 Å². The van der Waals surface area contributed by atoms with Gasteiger partial charge in [-0.15, -0.1) is 0 Å². The minimum atomic E-state index is 0.742. The molecule has 0 radical (unpaired) electrons. The molecule has 0 saturated heterocycles. The zero-order chi connectivity index (χ0) is 9.64. The molecule has 1 nitrogen and oxygen atoms in total. The standard InChI is InChI=1S/C13H14O/c1-2-6-12(7-3-1)10-13-8-4-5-9-14-11-13/h1-7,10H,8-9,11H2/b13-10+. The molecule has 1 aliphatic heterocycles. The lowest BCUT2D eigenvalue weighted by atomic mass is 10.1. The van der Waals surface area contributed by atoms with Crippen LogP contribution in [0.2, 0.25) is 0 Å². The highest BCUT2D eigenvalue weighted by molar-refractivity contribution is 5.53. The molecule has 0 fully saturated rings. The molecule has 1 aromatic carbocycles. The Hall–Kier alpha value is -1.34. The number of rotatable bonds is 1. The number of allylic oxidation sites excluding steroid dienone is 1. The van der Waals surface area contributed by atoms with Crippen molar-refractivity contribution < 1.29 is 4.74 Å². The summed E-state index contributed by atoms with van der Waals surface area (Å²) in [5, 5.41) is 0. The van der Waals surface area contributed by atoms with Crippen molar-refractivity contribution in [3.8, 4) is 0 Å². The van der Waals surface area contributed by atoms with Gasteiger partial charge in [-0.1, -0.05) is 48.6 Å². The Labute approximate surface area is 84.7 Å². The molecular weight excluding hydrogens is 172 g/mol. The van der Waals surface area contributed by atoms with Crippen molar-refractivity contribution in [1.82, 2.24) is 0 Å². The monoisotopic (exact) mass is 186 g/mol. The van der Waals surface area contributed by atoms with Gasteiger partial charge in [-0.05, 0) is 17.6 Å². The molecule has 14 heavy (non-hydrogen) atoms. The molecule has 1 aliphatic rings. The van der Waals surface area contributed by atoms with E-state index < -0.39 is 0 Å². The third-order valence-corrected chi connectivity index (χ3v) is 2.22. The number of benzene rings is 1. The Bertz CT molecular complexity index is 336. The topological polar surface area (TPSA) is 9.23 Å². The van der Waals surface area contributed by atoms with Crippen LogP contribution in [0.1, 0.15) is 12.0 Å². The maximum absolute atomic E-state index is 5.42. The molecule has 0 saturated carbocycles. The van der Waals surface area contributed by atoms with Gasteiger partial charge in [0, 0.05) is 0 Å². The lowest BCUT2D eigenvalue weighted by molar-refractivity contribution is 0.189. The van der Waals surface area contributed by atoms with Crippen LogP contribution >= 0.6 is 0 Å². The van der Waals surface area contributed by atoms with Crippen molar-refractivity contribution in [3.63, 3.8) is 0 Å². The molecule has 1 aromatic rings. The summed E-state index contributed by atoms with van der Waals surface area (Å²) in [6.07, 6.45) is 7.46. The summed E-state index contributed by atoms with van der Waals surface area (Å²) in [5.41, 5.74) is 2.59. The summed E-state index contributed by atoms with van der Waals surface area (Å²) < 4.78 is 5.42.